The van der Waals surface area contributed by atoms with Gasteiger partial charge in [0.05, 0.1) is 12.2 Å². The molecule has 18 heavy (non-hydrogen) atoms. The molecule has 1 aromatic rings. The van der Waals surface area contributed by atoms with E-state index < -0.39 is 0 Å². The van der Waals surface area contributed by atoms with Crippen LogP contribution in [0.1, 0.15) is 25.5 Å². The zero-order valence-corrected chi connectivity index (χ0v) is 12.6. The van der Waals surface area contributed by atoms with Gasteiger partial charge in [0.1, 0.15) is 0 Å². The molecule has 2 rings (SSSR count). The normalized spacial score (nSPS) is 21.8. The van der Waals surface area contributed by atoms with Gasteiger partial charge in [0.2, 0.25) is 0 Å². The molecule has 0 aromatic heterocycles. The van der Waals surface area contributed by atoms with Gasteiger partial charge in [-0.05, 0) is 31.5 Å². The molecule has 0 aliphatic carbocycles. The highest BCUT2D eigenvalue weighted by Gasteiger charge is 2.31. The van der Waals surface area contributed by atoms with E-state index in [9.17, 15) is 0 Å². The van der Waals surface area contributed by atoms with Crippen LogP contribution in [0.5, 0.6) is 0 Å². The molecule has 1 aliphatic heterocycles. The van der Waals surface area contributed by atoms with Crippen molar-refractivity contribution in [2.45, 2.75) is 25.5 Å². The van der Waals surface area contributed by atoms with Crippen LogP contribution >= 0.6 is 15.9 Å². The van der Waals surface area contributed by atoms with Gasteiger partial charge in [0.25, 0.3) is 0 Å². The predicted octanol–water partition coefficient (Wildman–Crippen LogP) is 2.56. The van der Waals surface area contributed by atoms with E-state index in [0.717, 1.165) is 24.2 Å². The highest BCUT2D eigenvalue weighted by Crippen LogP contribution is 2.26. The molecule has 100 valence electrons. The Bertz CT molecular complexity index is 391. The first kappa shape index (κ1) is 14.0. The minimum atomic E-state index is -0.0823. The van der Waals surface area contributed by atoms with Crippen LogP contribution in [0.15, 0.2) is 28.7 Å². The summed E-state index contributed by atoms with van der Waals surface area (Å²) in [6, 6.07) is 8.71. The van der Waals surface area contributed by atoms with E-state index in [-0.39, 0.29) is 11.6 Å². The Morgan fingerprint density at radius 3 is 2.61 bits per heavy atom. The van der Waals surface area contributed by atoms with Crippen LogP contribution in [-0.2, 0) is 4.74 Å². The van der Waals surface area contributed by atoms with Gasteiger partial charge in [0.15, 0.2) is 0 Å². The third kappa shape index (κ3) is 3.32. The lowest BCUT2D eigenvalue weighted by molar-refractivity contribution is -0.0967. The topological polar surface area (TPSA) is 38.5 Å². The van der Waals surface area contributed by atoms with Gasteiger partial charge in [-0.15, -0.1) is 0 Å². The molecule has 1 fully saturated rings. The average Bonchev–Trinajstić information content (AvgIpc) is 2.31. The number of hydrogen-bond donors (Lipinski definition) is 1. The third-order valence-corrected chi connectivity index (χ3v) is 3.90. The van der Waals surface area contributed by atoms with Crippen molar-refractivity contribution in [1.29, 1.82) is 0 Å². The zero-order chi connectivity index (χ0) is 13.2. The first-order chi connectivity index (χ1) is 8.52. The Kier molecular flexibility index (Phi) is 4.43. The quantitative estimate of drug-likeness (QED) is 0.932. The van der Waals surface area contributed by atoms with Crippen molar-refractivity contribution in [1.82, 2.24) is 4.90 Å². The van der Waals surface area contributed by atoms with Crippen LogP contribution in [0.2, 0.25) is 0 Å². The van der Waals surface area contributed by atoms with Crippen LogP contribution in [0, 0.1) is 0 Å². The first-order valence-electron chi connectivity index (χ1n) is 6.35. The van der Waals surface area contributed by atoms with Crippen molar-refractivity contribution in [2.75, 3.05) is 26.2 Å². The van der Waals surface area contributed by atoms with Gasteiger partial charge in [-0.1, -0.05) is 28.1 Å². The summed E-state index contributed by atoms with van der Waals surface area (Å²) < 4.78 is 6.86. The Morgan fingerprint density at radius 1 is 1.39 bits per heavy atom. The molecule has 2 N–H and O–H groups in total. The molecule has 0 radical (unpaired) electrons. The summed E-state index contributed by atoms with van der Waals surface area (Å²) in [7, 11) is 0. The van der Waals surface area contributed by atoms with Crippen molar-refractivity contribution < 1.29 is 4.74 Å². The number of ether oxygens (including phenoxy) is 1. The lowest BCUT2D eigenvalue weighted by atomic mass is 10.0. The van der Waals surface area contributed by atoms with Crippen molar-refractivity contribution in [3.63, 3.8) is 0 Å². The SMILES string of the molecule is CC1(C)CN(C(CN)c2ccc(Br)cc2)CCO1. The highest BCUT2D eigenvalue weighted by atomic mass is 79.9. The summed E-state index contributed by atoms with van der Waals surface area (Å²) >= 11 is 3.47. The molecule has 0 bridgehead atoms. The molecular weight excluding hydrogens is 292 g/mol. The molecule has 3 nitrogen and oxygen atoms in total. The molecule has 0 saturated carbocycles. The summed E-state index contributed by atoms with van der Waals surface area (Å²) in [6.45, 7) is 7.55. The van der Waals surface area contributed by atoms with Gasteiger partial charge < -0.3 is 10.5 Å². The molecular formula is C14H21BrN2O. The molecule has 1 aromatic carbocycles. The Balaban J connectivity index is 2.15. The minimum Gasteiger partial charge on any atom is -0.373 e. The number of halogens is 1. The minimum absolute atomic E-state index is 0.0823. The fraction of sp³-hybridized carbons (Fsp3) is 0.571. The lowest BCUT2D eigenvalue weighted by Gasteiger charge is -2.42. The second-order valence-electron chi connectivity index (χ2n) is 5.38. The van der Waals surface area contributed by atoms with Crippen LogP contribution < -0.4 is 5.73 Å². The number of rotatable bonds is 3. The molecule has 1 saturated heterocycles. The largest absolute Gasteiger partial charge is 0.373 e. The fourth-order valence-electron chi connectivity index (χ4n) is 2.50. The summed E-state index contributed by atoms with van der Waals surface area (Å²) in [5, 5.41) is 0. The first-order valence-corrected chi connectivity index (χ1v) is 7.15. The van der Waals surface area contributed by atoms with Crippen LogP contribution in [0.3, 0.4) is 0 Å². The monoisotopic (exact) mass is 312 g/mol. The van der Waals surface area contributed by atoms with Gasteiger partial charge in [-0.25, -0.2) is 0 Å². The number of morpholine rings is 1. The van der Waals surface area contributed by atoms with E-state index >= 15 is 0 Å². The van der Waals surface area contributed by atoms with E-state index in [1.165, 1.54) is 5.56 Å². The number of nitrogens with zero attached hydrogens (tertiary/aromatic N) is 1. The number of hydrogen-bond acceptors (Lipinski definition) is 3. The standard InChI is InChI=1S/C14H21BrN2O/c1-14(2)10-17(7-8-18-14)13(9-16)11-3-5-12(15)6-4-11/h3-6,13H,7-10,16H2,1-2H3. The maximum Gasteiger partial charge on any atom is 0.0753 e. The predicted molar refractivity (Wildman–Crippen MR) is 77.5 cm³/mol. The fourth-order valence-corrected chi connectivity index (χ4v) is 2.76. The maximum absolute atomic E-state index is 5.97. The molecule has 4 heteroatoms. The van der Waals surface area contributed by atoms with Gasteiger partial charge in [0, 0.05) is 30.1 Å². The van der Waals surface area contributed by atoms with Crippen LogP contribution in [0.4, 0.5) is 0 Å². The number of nitrogens with two attached hydrogens (primary N) is 1. The number of benzene rings is 1. The van der Waals surface area contributed by atoms with Crippen molar-refractivity contribution >= 4 is 15.9 Å². The molecule has 1 unspecified atom stereocenters. The summed E-state index contributed by atoms with van der Waals surface area (Å²) in [5.74, 6) is 0. The summed E-state index contributed by atoms with van der Waals surface area (Å²) in [5.41, 5.74) is 7.16. The second-order valence-corrected chi connectivity index (χ2v) is 6.30. The molecule has 0 spiro atoms. The highest BCUT2D eigenvalue weighted by molar-refractivity contribution is 9.10. The Labute approximate surface area is 117 Å². The maximum atomic E-state index is 5.97. The van der Waals surface area contributed by atoms with Gasteiger partial charge >= 0.3 is 0 Å². The van der Waals surface area contributed by atoms with Crippen LogP contribution in [0.25, 0.3) is 0 Å². The van der Waals surface area contributed by atoms with E-state index in [1.54, 1.807) is 0 Å². The molecule has 1 aliphatic rings. The summed E-state index contributed by atoms with van der Waals surface area (Å²) in [4.78, 5) is 2.42. The van der Waals surface area contributed by atoms with Gasteiger partial charge in [-0.3, -0.25) is 4.90 Å². The average molecular weight is 313 g/mol. The lowest BCUT2D eigenvalue weighted by Crippen LogP contribution is -2.50. The summed E-state index contributed by atoms with van der Waals surface area (Å²) in [6.07, 6.45) is 0. The van der Waals surface area contributed by atoms with Crippen molar-refractivity contribution in [3.8, 4) is 0 Å². The Morgan fingerprint density at radius 2 is 2.06 bits per heavy atom. The molecule has 1 heterocycles. The van der Waals surface area contributed by atoms with E-state index in [0.29, 0.717) is 6.54 Å². The second kappa shape index (κ2) is 5.70. The van der Waals surface area contributed by atoms with Crippen LogP contribution in [-0.4, -0.2) is 36.7 Å². The van der Waals surface area contributed by atoms with E-state index in [2.05, 4.69) is 58.9 Å². The van der Waals surface area contributed by atoms with Gasteiger partial charge in [-0.2, -0.15) is 0 Å². The zero-order valence-electron chi connectivity index (χ0n) is 11.0. The third-order valence-electron chi connectivity index (χ3n) is 3.37. The Hall–Kier alpha value is -0.420. The molecule has 1 atom stereocenters. The molecule has 0 amide bonds. The van der Waals surface area contributed by atoms with Crippen molar-refractivity contribution in [3.05, 3.63) is 34.3 Å². The van der Waals surface area contributed by atoms with E-state index in [4.69, 9.17) is 10.5 Å². The van der Waals surface area contributed by atoms with E-state index in [1.807, 2.05) is 0 Å². The smallest absolute Gasteiger partial charge is 0.0753 e. The van der Waals surface area contributed by atoms with Crippen molar-refractivity contribution in [2.24, 2.45) is 5.73 Å².